The summed E-state index contributed by atoms with van der Waals surface area (Å²) in [5, 5.41) is 9.06. The van der Waals surface area contributed by atoms with Crippen molar-refractivity contribution < 1.29 is 9.90 Å². The van der Waals surface area contributed by atoms with Crippen molar-refractivity contribution in [3.8, 4) is 5.69 Å². The van der Waals surface area contributed by atoms with Crippen LogP contribution in [0.15, 0.2) is 41.5 Å². The highest BCUT2D eigenvalue weighted by atomic mass is 16.4. The Morgan fingerprint density at radius 2 is 1.86 bits per heavy atom. The van der Waals surface area contributed by atoms with Crippen LogP contribution in [0.2, 0.25) is 0 Å². The molecule has 0 aliphatic rings. The molecule has 0 radical (unpaired) electrons. The minimum Gasteiger partial charge on any atom is -0.481 e. The summed E-state index contributed by atoms with van der Waals surface area (Å²) in [5.74, 6) is -1.33. The number of hydrogen-bond donors (Lipinski definition) is 1. The van der Waals surface area contributed by atoms with Crippen LogP contribution in [0.5, 0.6) is 0 Å². The molecule has 0 spiro atoms. The van der Waals surface area contributed by atoms with E-state index in [1.165, 1.54) is 0 Å². The van der Waals surface area contributed by atoms with E-state index in [-0.39, 0.29) is 11.7 Å². The fourth-order valence-electron chi connectivity index (χ4n) is 2.30. The minimum atomic E-state index is -0.836. The smallest absolute Gasteiger partial charge is 0.332 e. The normalized spacial score (nSPS) is 12.6. The highest BCUT2D eigenvalue weighted by molar-refractivity contribution is 5.70. The zero-order valence-electron chi connectivity index (χ0n) is 12.5. The number of carboxylic acids is 1. The summed E-state index contributed by atoms with van der Waals surface area (Å²) >= 11 is 0. The van der Waals surface area contributed by atoms with Crippen LogP contribution in [0.3, 0.4) is 0 Å². The number of hydrogen-bond acceptors (Lipinski definition) is 2. The molecule has 5 nitrogen and oxygen atoms in total. The zero-order chi connectivity index (χ0) is 15.6. The van der Waals surface area contributed by atoms with E-state index in [1.54, 1.807) is 28.5 Å². The van der Waals surface area contributed by atoms with Crippen LogP contribution in [0.4, 0.5) is 0 Å². The fourth-order valence-corrected chi connectivity index (χ4v) is 2.30. The molecule has 1 N–H and O–H groups in total. The molecule has 21 heavy (non-hydrogen) atoms. The number of nitrogens with zero attached hydrogens (tertiary/aromatic N) is 2. The molecule has 1 atom stereocenters. The number of aromatic nitrogens is 2. The van der Waals surface area contributed by atoms with E-state index in [4.69, 9.17) is 5.11 Å². The van der Waals surface area contributed by atoms with Crippen molar-refractivity contribution in [1.29, 1.82) is 0 Å². The number of aliphatic carboxylic acids is 1. The van der Waals surface area contributed by atoms with E-state index >= 15 is 0 Å². The number of rotatable bonds is 5. The van der Waals surface area contributed by atoms with Gasteiger partial charge in [0, 0.05) is 18.4 Å². The quantitative estimate of drug-likeness (QED) is 0.919. The third-order valence-electron chi connectivity index (χ3n) is 3.56. The summed E-state index contributed by atoms with van der Waals surface area (Å²) in [6.07, 6.45) is 3.88. The predicted molar refractivity (Wildman–Crippen MR) is 80.9 cm³/mol. The van der Waals surface area contributed by atoms with Gasteiger partial charge < -0.3 is 5.11 Å². The van der Waals surface area contributed by atoms with E-state index in [0.29, 0.717) is 6.42 Å². The van der Waals surface area contributed by atoms with Gasteiger partial charge in [-0.05, 0) is 31.9 Å². The van der Waals surface area contributed by atoms with Gasteiger partial charge in [-0.15, -0.1) is 0 Å². The summed E-state index contributed by atoms with van der Waals surface area (Å²) in [5.41, 5.74) is 1.49. The maximum absolute atomic E-state index is 12.4. The lowest BCUT2D eigenvalue weighted by Gasteiger charge is -2.12. The average Bonchev–Trinajstić information content (AvgIpc) is 2.81. The molecule has 1 aromatic heterocycles. The largest absolute Gasteiger partial charge is 0.481 e. The first-order valence-corrected chi connectivity index (χ1v) is 7.02. The maximum atomic E-state index is 12.4. The second-order valence-electron chi connectivity index (χ2n) is 5.52. The van der Waals surface area contributed by atoms with Gasteiger partial charge in [0.1, 0.15) is 0 Å². The molecule has 112 valence electrons. The standard InChI is InChI=1S/C16H20N2O3/c1-11(2)17-8-9-18(16(17)21)14-7-5-4-6-13(14)10-12(3)15(19)20/h4-9,11-12H,10H2,1-3H3,(H,19,20). The average molecular weight is 288 g/mol. The molecule has 2 rings (SSSR count). The number of imidazole rings is 1. The van der Waals surface area contributed by atoms with E-state index in [2.05, 4.69) is 0 Å². The first kappa shape index (κ1) is 15.1. The first-order chi connectivity index (χ1) is 9.91. The highest BCUT2D eigenvalue weighted by Crippen LogP contribution is 2.17. The van der Waals surface area contributed by atoms with E-state index in [0.717, 1.165) is 11.3 Å². The van der Waals surface area contributed by atoms with Crippen LogP contribution in [-0.4, -0.2) is 20.2 Å². The molecule has 0 saturated heterocycles. The van der Waals surface area contributed by atoms with Crippen molar-refractivity contribution in [2.24, 2.45) is 5.92 Å². The zero-order valence-corrected chi connectivity index (χ0v) is 12.5. The van der Waals surface area contributed by atoms with Crippen LogP contribution in [0.1, 0.15) is 32.4 Å². The Balaban J connectivity index is 2.46. The van der Waals surface area contributed by atoms with Gasteiger partial charge >= 0.3 is 11.7 Å². The molecule has 0 amide bonds. The summed E-state index contributed by atoms with van der Waals surface area (Å²) in [6, 6.07) is 7.51. The van der Waals surface area contributed by atoms with Crippen LogP contribution < -0.4 is 5.69 Å². The van der Waals surface area contributed by atoms with Crippen LogP contribution in [-0.2, 0) is 11.2 Å². The fraction of sp³-hybridized carbons (Fsp3) is 0.375. The van der Waals surface area contributed by atoms with E-state index in [9.17, 15) is 9.59 Å². The third kappa shape index (κ3) is 3.07. The van der Waals surface area contributed by atoms with Gasteiger partial charge in [0.2, 0.25) is 0 Å². The van der Waals surface area contributed by atoms with Crippen molar-refractivity contribution in [1.82, 2.24) is 9.13 Å². The van der Waals surface area contributed by atoms with Crippen molar-refractivity contribution in [3.05, 3.63) is 52.7 Å². The lowest BCUT2D eigenvalue weighted by Crippen LogP contribution is -2.25. The molecule has 0 aliphatic heterocycles. The third-order valence-corrected chi connectivity index (χ3v) is 3.56. The molecule has 2 aromatic rings. The topological polar surface area (TPSA) is 64.2 Å². The summed E-state index contributed by atoms with van der Waals surface area (Å²) in [6.45, 7) is 5.56. The molecule has 1 heterocycles. The molecule has 0 fully saturated rings. The summed E-state index contributed by atoms with van der Waals surface area (Å²) in [7, 11) is 0. The Morgan fingerprint density at radius 1 is 1.19 bits per heavy atom. The lowest BCUT2D eigenvalue weighted by molar-refractivity contribution is -0.141. The Morgan fingerprint density at radius 3 is 2.43 bits per heavy atom. The van der Waals surface area contributed by atoms with Gasteiger partial charge in [-0.2, -0.15) is 0 Å². The van der Waals surface area contributed by atoms with E-state index in [1.807, 2.05) is 38.1 Å². The second kappa shape index (κ2) is 5.99. The van der Waals surface area contributed by atoms with Crippen molar-refractivity contribution >= 4 is 5.97 Å². The van der Waals surface area contributed by atoms with Crippen molar-refractivity contribution in [3.63, 3.8) is 0 Å². The Kier molecular flexibility index (Phi) is 4.31. The highest BCUT2D eigenvalue weighted by Gasteiger charge is 2.16. The van der Waals surface area contributed by atoms with Crippen LogP contribution in [0, 0.1) is 5.92 Å². The Hall–Kier alpha value is -2.30. The molecule has 5 heteroatoms. The van der Waals surface area contributed by atoms with Crippen LogP contribution >= 0.6 is 0 Å². The molecule has 0 aliphatic carbocycles. The van der Waals surface area contributed by atoms with E-state index < -0.39 is 11.9 Å². The molecular formula is C16H20N2O3. The lowest BCUT2D eigenvalue weighted by atomic mass is 10.00. The summed E-state index contributed by atoms with van der Waals surface area (Å²) in [4.78, 5) is 23.4. The summed E-state index contributed by atoms with van der Waals surface area (Å²) < 4.78 is 3.22. The number of benzene rings is 1. The molecule has 0 saturated carbocycles. The minimum absolute atomic E-state index is 0.0869. The van der Waals surface area contributed by atoms with Gasteiger partial charge in [0.05, 0.1) is 11.6 Å². The van der Waals surface area contributed by atoms with Crippen molar-refractivity contribution in [2.45, 2.75) is 33.2 Å². The molecular weight excluding hydrogens is 268 g/mol. The molecule has 1 aromatic carbocycles. The van der Waals surface area contributed by atoms with Gasteiger partial charge in [-0.25, -0.2) is 4.79 Å². The number of carboxylic acid groups (broad SMARTS) is 1. The Labute approximate surface area is 123 Å². The number of para-hydroxylation sites is 1. The molecule has 1 unspecified atom stereocenters. The first-order valence-electron chi connectivity index (χ1n) is 7.02. The molecule has 0 bridgehead atoms. The van der Waals surface area contributed by atoms with Gasteiger partial charge in [0.15, 0.2) is 0 Å². The number of carbonyl (C=O) groups is 1. The van der Waals surface area contributed by atoms with Gasteiger partial charge in [-0.3, -0.25) is 13.9 Å². The second-order valence-corrected chi connectivity index (χ2v) is 5.52. The SMILES string of the molecule is CC(Cc1ccccc1-n1ccn(C(C)C)c1=O)C(=O)O. The van der Waals surface area contributed by atoms with Gasteiger partial charge in [-0.1, -0.05) is 25.1 Å². The predicted octanol–water partition coefficient (Wildman–Crippen LogP) is 2.48. The van der Waals surface area contributed by atoms with Crippen LogP contribution in [0.25, 0.3) is 5.69 Å². The maximum Gasteiger partial charge on any atom is 0.332 e. The monoisotopic (exact) mass is 288 g/mol. The van der Waals surface area contributed by atoms with Gasteiger partial charge in [0.25, 0.3) is 0 Å². The van der Waals surface area contributed by atoms with Crippen molar-refractivity contribution in [2.75, 3.05) is 0 Å². The Bertz CT molecular complexity index is 698.